The van der Waals surface area contributed by atoms with E-state index in [1.54, 1.807) is 0 Å². The number of carbonyl (C=O) groups is 1. The summed E-state index contributed by atoms with van der Waals surface area (Å²) in [6.45, 7) is 6.96. The van der Waals surface area contributed by atoms with Gasteiger partial charge in [-0.1, -0.05) is 13.8 Å². The van der Waals surface area contributed by atoms with E-state index < -0.39 is 9.84 Å². The van der Waals surface area contributed by atoms with Crippen LogP contribution < -0.4 is 5.32 Å². The molecule has 21 heavy (non-hydrogen) atoms. The minimum Gasteiger partial charge on any atom is -0.396 e. The zero-order valence-electron chi connectivity index (χ0n) is 13.2. The molecule has 124 valence electrons. The second-order valence-corrected chi connectivity index (χ2v) is 8.56. The summed E-state index contributed by atoms with van der Waals surface area (Å²) in [5.41, 5.74) is 0. The molecule has 1 aliphatic heterocycles. The molecule has 0 aromatic heterocycles. The van der Waals surface area contributed by atoms with Crippen LogP contribution in [-0.2, 0) is 14.6 Å². The molecule has 0 aromatic rings. The Bertz CT molecular complexity index is 436. The number of aliphatic hydroxyl groups is 1. The van der Waals surface area contributed by atoms with Gasteiger partial charge in [-0.05, 0) is 18.3 Å². The number of hydrogen-bond donors (Lipinski definition) is 2. The van der Waals surface area contributed by atoms with Crippen LogP contribution in [0.25, 0.3) is 0 Å². The van der Waals surface area contributed by atoms with Crippen LogP contribution in [0.1, 0.15) is 26.7 Å². The fourth-order valence-corrected chi connectivity index (χ4v) is 3.33. The highest BCUT2D eigenvalue weighted by atomic mass is 32.2. The molecule has 0 aromatic carbocycles. The Balaban J connectivity index is 2.52. The van der Waals surface area contributed by atoms with Gasteiger partial charge in [0, 0.05) is 45.0 Å². The lowest BCUT2D eigenvalue weighted by Gasteiger charge is -2.22. The number of rotatable bonds is 8. The van der Waals surface area contributed by atoms with Gasteiger partial charge in [0.2, 0.25) is 5.91 Å². The first-order chi connectivity index (χ1) is 9.73. The van der Waals surface area contributed by atoms with Crippen molar-refractivity contribution in [2.24, 2.45) is 11.8 Å². The van der Waals surface area contributed by atoms with Crippen molar-refractivity contribution in [3.05, 3.63) is 0 Å². The number of carbonyl (C=O) groups excluding carboxylic acids is 1. The number of hydrogen-bond acceptors (Lipinski definition) is 5. The molecule has 1 fully saturated rings. The highest BCUT2D eigenvalue weighted by Crippen LogP contribution is 2.24. The second kappa shape index (κ2) is 8.10. The van der Waals surface area contributed by atoms with E-state index in [4.69, 9.17) is 5.11 Å². The molecular weight excluding hydrogens is 292 g/mol. The molecule has 0 radical (unpaired) electrons. The van der Waals surface area contributed by atoms with E-state index >= 15 is 0 Å². The molecule has 1 saturated heterocycles. The first kappa shape index (κ1) is 18.4. The van der Waals surface area contributed by atoms with Gasteiger partial charge in [-0.2, -0.15) is 0 Å². The van der Waals surface area contributed by atoms with Gasteiger partial charge in [0.15, 0.2) is 0 Å². The van der Waals surface area contributed by atoms with Crippen molar-refractivity contribution in [1.82, 2.24) is 10.2 Å². The predicted molar refractivity (Wildman–Crippen MR) is 82.7 cm³/mol. The summed E-state index contributed by atoms with van der Waals surface area (Å²) < 4.78 is 22.2. The van der Waals surface area contributed by atoms with Gasteiger partial charge in [-0.25, -0.2) is 8.42 Å². The Hall–Kier alpha value is -0.660. The van der Waals surface area contributed by atoms with Crippen LogP contribution in [0.3, 0.4) is 0 Å². The van der Waals surface area contributed by atoms with Gasteiger partial charge in [0.1, 0.15) is 9.84 Å². The zero-order valence-corrected chi connectivity index (χ0v) is 14.0. The molecule has 0 saturated carbocycles. The number of nitrogens with zero attached hydrogens (tertiary/aromatic N) is 1. The number of aliphatic hydroxyl groups excluding tert-OH is 1. The van der Waals surface area contributed by atoms with Crippen molar-refractivity contribution in [3.63, 3.8) is 0 Å². The van der Waals surface area contributed by atoms with Gasteiger partial charge in [-0.3, -0.25) is 4.79 Å². The molecule has 0 aliphatic carbocycles. The molecule has 0 bridgehead atoms. The molecule has 1 amide bonds. The second-order valence-electron chi connectivity index (χ2n) is 6.30. The SMILES string of the molecule is CC(C)[C@@H]1CN(CCCO)C[C@H]1NC(=O)CCS(C)(=O)=O. The van der Waals surface area contributed by atoms with E-state index in [1.807, 2.05) is 0 Å². The van der Waals surface area contributed by atoms with Gasteiger partial charge in [0.05, 0.1) is 5.75 Å². The number of nitrogens with one attached hydrogen (secondary N) is 1. The van der Waals surface area contributed by atoms with E-state index in [1.165, 1.54) is 0 Å². The Labute approximate surface area is 127 Å². The van der Waals surface area contributed by atoms with Crippen LogP contribution in [-0.4, -0.2) is 68.6 Å². The standard InChI is InChI=1S/C14H28N2O4S/c1-11(2)12-9-16(6-4-7-17)10-13(12)15-14(18)5-8-21(3,19)20/h11-13,17H,4-10H2,1-3H3,(H,15,18)/t12-,13+/m0/s1. The van der Waals surface area contributed by atoms with Crippen molar-refractivity contribution >= 4 is 15.7 Å². The van der Waals surface area contributed by atoms with E-state index in [2.05, 4.69) is 24.1 Å². The van der Waals surface area contributed by atoms with Gasteiger partial charge >= 0.3 is 0 Å². The Morgan fingerprint density at radius 1 is 1.38 bits per heavy atom. The van der Waals surface area contributed by atoms with Gasteiger partial charge in [-0.15, -0.1) is 0 Å². The summed E-state index contributed by atoms with van der Waals surface area (Å²) in [4.78, 5) is 14.2. The summed E-state index contributed by atoms with van der Waals surface area (Å²) >= 11 is 0. The molecule has 0 unspecified atom stereocenters. The number of amides is 1. The van der Waals surface area contributed by atoms with Crippen molar-refractivity contribution in [2.75, 3.05) is 38.2 Å². The highest BCUT2D eigenvalue weighted by Gasteiger charge is 2.35. The maximum atomic E-state index is 11.9. The van der Waals surface area contributed by atoms with E-state index in [0.29, 0.717) is 11.8 Å². The highest BCUT2D eigenvalue weighted by molar-refractivity contribution is 7.90. The first-order valence-corrected chi connectivity index (χ1v) is 9.59. The summed E-state index contributed by atoms with van der Waals surface area (Å²) in [5.74, 6) is 0.516. The van der Waals surface area contributed by atoms with Crippen molar-refractivity contribution in [2.45, 2.75) is 32.7 Å². The third-order valence-corrected chi connectivity index (χ3v) is 4.92. The third-order valence-electron chi connectivity index (χ3n) is 3.98. The van der Waals surface area contributed by atoms with Crippen LogP contribution in [0.15, 0.2) is 0 Å². The van der Waals surface area contributed by atoms with Crippen molar-refractivity contribution in [1.29, 1.82) is 0 Å². The largest absolute Gasteiger partial charge is 0.396 e. The molecule has 1 rings (SSSR count). The Morgan fingerprint density at radius 2 is 2.05 bits per heavy atom. The normalized spacial score (nSPS) is 23.7. The quantitative estimate of drug-likeness (QED) is 0.651. The van der Waals surface area contributed by atoms with Crippen molar-refractivity contribution < 1.29 is 18.3 Å². The molecule has 0 spiro atoms. The average molecular weight is 320 g/mol. The maximum absolute atomic E-state index is 11.9. The molecule has 6 nitrogen and oxygen atoms in total. The Morgan fingerprint density at radius 3 is 2.57 bits per heavy atom. The zero-order chi connectivity index (χ0) is 16.0. The predicted octanol–water partition coefficient (Wildman–Crippen LogP) is -0.124. The molecule has 2 atom stereocenters. The number of likely N-dealkylation sites (tertiary alicyclic amines) is 1. The summed E-state index contributed by atoms with van der Waals surface area (Å²) in [7, 11) is -3.10. The monoisotopic (exact) mass is 320 g/mol. The van der Waals surface area contributed by atoms with Gasteiger partial charge in [0.25, 0.3) is 0 Å². The van der Waals surface area contributed by atoms with E-state index in [-0.39, 0.29) is 30.7 Å². The molecule has 1 heterocycles. The molecule has 2 N–H and O–H groups in total. The Kier molecular flexibility index (Phi) is 7.09. The van der Waals surface area contributed by atoms with Crippen LogP contribution in [0.5, 0.6) is 0 Å². The average Bonchev–Trinajstić information content (AvgIpc) is 2.76. The fraction of sp³-hybridized carbons (Fsp3) is 0.929. The smallest absolute Gasteiger partial charge is 0.221 e. The third kappa shape index (κ3) is 6.76. The lowest BCUT2D eigenvalue weighted by molar-refractivity contribution is -0.121. The summed E-state index contributed by atoms with van der Waals surface area (Å²) in [5, 5.41) is 11.9. The molecule has 1 aliphatic rings. The molecular formula is C14H28N2O4S. The van der Waals surface area contributed by atoms with Crippen LogP contribution in [0, 0.1) is 11.8 Å². The first-order valence-electron chi connectivity index (χ1n) is 7.53. The number of sulfone groups is 1. The lowest BCUT2D eigenvalue weighted by Crippen LogP contribution is -2.42. The topological polar surface area (TPSA) is 86.7 Å². The van der Waals surface area contributed by atoms with Crippen molar-refractivity contribution in [3.8, 4) is 0 Å². The van der Waals surface area contributed by atoms with Crippen LogP contribution >= 0.6 is 0 Å². The maximum Gasteiger partial charge on any atom is 0.221 e. The van der Waals surface area contributed by atoms with E-state index in [0.717, 1.165) is 32.3 Å². The van der Waals surface area contributed by atoms with Crippen LogP contribution in [0.4, 0.5) is 0 Å². The van der Waals surface area contributed by atoms with Crippen LogP contribution in [0.2, 0.25) is 0 Å². The van der Waals surface area contributed by atoms with E-state index in [9.17, 15) is 13.2 Å². The van der Waals surface area contributed by atoms with Gasteiger partial charge < -0.3 is 15.3 Å². The summed E-state index contributed by atoms with van der Waals surface area (Å²) in [6.07, 6.45) is 1.90. The lowest BCUT2D eigenvalue weighted by atomic mass is 9.91. The molecule has 7 heteroatoms. The summed E-state index contributed by atoms with van der Waals surface area (Å²) in [6, 6.07) is 0.0655. The minimum atomic E-state index is -3.10. The fourth-order valence-electron chi connectivity index (χ4n) is 2.78. The minimum absolute atomic E-state index is 0.0246.